The number of aliphatic carboxylic acids is 1. The maximum Gasteiger partial charge on any atom is 0.310 e. The van der Waals surface area contributed by atoms with Gasteiger partial charge < -0.3 is 5.11 Å². The fourth-order valence-electron chi connectivity index (χ4n) is 1.17. The van der Waals surface area contributed by atoms with E-state index in [1.54, 1.807) is 6.07 Å². The van der Waals surface area contributed by atoms with Crippen molar-refractivity contribution >= 4 is 34.2 Å². The van der Waals surface area contributed by atoms with Gasteiger partial charge in [0.05, 0.1) is 10.8 Å². The standard InChI is InChI=1S/C9H8INO4/c1-5(9(12)13)7-4-6(10)2-3-8(7)11(14)15/h2-5H,1H3,(H,12,13). The molecule has 1 N–H and O–H groups in total. The van der Waals surface area contributed by atoms with Gasteiger partial charge in [0.1, 0.15) is 0 Å². The average Bonchev–Trinajstić information content (AvgIpc) is 2.15. The Bertz CT molecular complexity index is 419. The number of nitrogens with zero attached hydrogens (tertiary/aromatic N) is 1. The zero-order valence-corrected chi connectivity index (χ0v) is 9.96. The SMILES string of the molecule is CC(C(=O)O)c1cc(I)ccc1[N+](=O)[O-]. The molecule has 0 heterocycles. The molecule has 1 aromatic rings. The highest BCUT2D eigenvalue weighted by molar-refractivity contribution is 14.1. The van der Waals surface area contributed by atoms with Crippen molar-refractivity contribution in [3.05, 3.63) is 37.4 Å². The number of benzene rings is 1. The molecular formula is C9H8INO4. The van der Waals surface area contributed by atoms with Crippen LogP contribution in [0.25, 0.3) is 0 Å². The van der Waals surface area contributed by atoms with Crippen LogP contribution < -0.4 is 0 Å². The number of carboxylic acids is 1. The second-order valence-electron chi connectivity index (χ2n) is 3.02. The van der Waals surface area contributed by atoms with Crippen LogP contribution in [0.5, 0.6) is 0 Å². The molecule has 1 atom stereocenters. The van der Waals surface area contributed by atoms with Gasteiger partial charge in [0, 0.05) is 15.2 Å². The van der Waals surface area contributed by atoms with Gasteiger partial charge in [-0.05, 0) is 41.6 Å². The number of halogens is 1. The monoisotopic (exact) mass is 321 g/mol. The van der Waals surface area contributed by atoms with Crippen LogP contribution in [0.4, 0.5) is 5.69 Å². The number of rotatable bonds is 3. The van der Waals surface area contributed by atoms with Crippen molar-refractivity contribution in [3.8, 4) is 0 Å². The summed E-state index contributed by atoms with van der Waals surface area (Å²) in [6, 6.07) is 4.44. The van der Waals surface area contributed by atoms with Crippen molar-refractivity contribution in [2.45, 2.75) is 12.8 Å². The smallest absolute Gasteiger partial charge is 0.310 e. The van der Waals surface area contributed by atoms with Crippen molar-refractivity contribution in [2.75, 3.05) is 0 Å². The van der Waals surface area contributed by atoms with Gasteiger partial charge in [-0.2, -0.15) is 0 Å². The summed E-state index contributed by atoms with van der Waals surface area (Å²) < 4.78 is 0.779. The lowest BCUT2D eigenvalue weighted by molar-refractivity contribution is -0.385. The highest BCUT2D eigenvalue weighted by atomic mass is 127. The minimum absolute atomic E-state index is 0.148. The lowest BCUT2D eigenvalue weighted by Crippen LogP contribution is -2.10. The molecule has 80 valence electrons. The van der Waals surface area contributed by atoms with E-state index in [-0.39, 0.29) is 11.3 Å². The molecule has 0 aromatic heterocycles. The maximum absolute atomic E-state index is 10.8. The molecule has 1 aromatic carbocycles. The summed E-state index contributed by atoms with van der Waals surface area (Å²) in [6.45, 7) is 1.43. The van der Waals surface area contributed by atoms with Gasteiger partial charge in [0.2, 0.25) is 0 Å². The van der Waals surface area contributed by atoms with Crippen molar-refractivity contribution in [1.82, 2.24) is 0 Å². The van der Waals surface area contributed by atoms with Crippen molar-refractivity contribution in [1.29, 1.82) is 0 Å². The van der Waals surface area contributed by atoms with Gasteiger partial charge in [0.25, 0.3) is 5.69 Å². The number of hydrogen-bond donors (Lipinski definition) is 1. The first kappa shape index (κ1) is 11.9. The van der Waals surface area contributed by atoms with Crippen LogP contribution >= 0.6 is 22.6 Å². The Labute approximate surface area is 99.4 Å². The summed E-state index contributed by atoms with van der Waals surface area (Å²) in [5.74, 6) is -1.94. The Hall–Kier alpha value is -1.18. The number of nitro groups is 1. The third-order valence-corrected chi connectivity index (χ3v) is 2.69. The molecule has 0 aliphatic heterocycles. The van der Waals surface area contributed by atoms with Crippen LogP contribution in [0.3, 0.4) is 0 Å². The van der Waals surface area contributed by atoms with Crippen LogP contribution in [0.2, 0.25) is 0 Å². The van der Waals surface area contributed by atoms with Crippen molar-refractivity contribution in [3.63, 3.8) is 0 Å². The van der Waals surface area contributed by atoms with Gasteiger partial charge in [-0.1, -0.05) is 0 Å². The van der Waals surface area contributed by atoms with E-state index in [0.717, 1.165) is 3.57 Å². The van der Waals surface area contributed by atoms with Gasteiger partial charge in [-0.25, -0.2) is 0 Å². The lowest BCUT2D eigenvalue weighted by Gasteiger charge is -2.07. The first-order valence-electron chi connectivity index (χ1n) is 4.10. The van der Waals surface area contributed by atoms with E-state index in [1.165, 1.54) is 19.1 Å². The molecule has 0 bridgehead atoms. The predicted octanol–water partition coefficient (Wildman–Crippen LogP) is 2.39. The van der Waals surface area contributed by atoms with E-state index in [4.69, 9.17) is 5.11 Å². The molecule has 1 unspecified atom stereocenters. The third kappa shape index (κ3) is 2.65. The van der Waals surface area contributed by atoms with E-state index in [0.29, 0.717) is 0 Å². The minimum atomic E-state index is -1.07. The van der Waals surface area contributed by atoms with E-state index < -0.39 is 16.8 Å². The molecule has 0 spiro atoms. The summed E-state index contributed by atoms with van der Waals surface area (Å²) >= 11 is 1.99. The predicted molar refractivity (Wildman–Crippen MR) is 61.9 cm³/mol. The Kier molecular flexibility index (Phi) is 3.61. The minimum Gasteiger partial charge on any atom is -0.481 e. The summed E-state index contributed by atoms with van der Waals surface area (Å²) in [4.78, 5) is 20.9. The Balaban J connectivity index is 3.30. The molecule has 0 fully saturated rings. The number of nitro benzene ring substituents is 1. The Morgan fingerprint density at radius 2 is 2.20 bits per heavy atom. The number of hydrogen-bond acceptors (Lipinski definition) is 3. The average molecular weight is 321 g/mol. The lowest BCUT2D eigenvalue weighted by atomic mass is 10.00. The molecule has 0 radical (unpaired) electrons. The van der Waals surface area contributed by atoms with Crippen LogP contribution in [-0.4, -0.2) is 16.0 Å². The Morgan fingerprint density at radius 3 is 2.67 bits per heavy atom. The fraction of sp³-hybridized carbons (Fsp3) is 0.222. The normalized spacial score (nSPS) is 12.1. The molecule has 6 heteroatoms. The topological polar surface area (TPSA) is 80.4 Å². The van der Waals surface area contributed by atoms with Crippen LogP contribution in [-0.2, 0) is 4.79 Å². The zero-order chi connectivity index (χ0) is 11.6. The first-order chi connectivity index (χ1) is 6.93. The van der Waals surface area contributed by atoms with Crippen LogP contribution in [0.1, 0.15) is 18.4 Å². The largest absolute Gasteiger partial charge is 0.481 e. The van der Waals surface area contributed by atoms with E-state index >= 15 is 0 Å². The number of carboxylic acid groups (broad SMARTS) is 1. The van der Waals surface area contributed by atoms with Gasteiger partial charge in [0.15, 0.2) is 0 Å². The third-order valence-electron chi connectivity index (χ3n) is 2.02. The number of carbonyl (C=O) groups is 1. The van der Waals surface area contributed by atoms with E-state index in [9.17, 15) is 14.9 Å². The van der Waals surface area contributed by atoms with Gasteiger partial charge >= 0.3 is 5.97 Å². The van der Waals surface area contributed by atoms with Crippen LogP contribution in [0, 0.1) is 13.7 Å². The van der Waals surface area contributed by atoms with Crippen molar-refractivity contribution < 1.29 is 14.8 Å². The molecular weight excluding hydrogens is 313 g/mol. The molecule has 0 saturated heterocycles. The second-order valence-corrected chi connectivity index (χ2v) is 4.27. The van der Waals surface area contributed by atoms with E-state index in [2.05, 4.69) is 0 Å². The summed E-state index contributed by atoms with van der Waals surface area (Å²) in [5.41, 5.74) is 0.0877. The second kappa shape index (κ2) is 4.56. The van der Waals surface area contributed by atoms with Gasteiger partial charge in [-0.3, -0.25) is 14.9 Å². The zero-order valence-electron chi connectivity index (χ0n) is 7.81. The van der Waals surface area contributed by atoms with Crippen LogP contribution in [0.15, 0.2) is 18.2 Å². The van der Waals surface area contributed by atoms with Gasteiger partial charge in [-0.15, -0.1) is 0 Å². The fourth-order valence-corrected chi connectivity index (χ4v) is 1.69. The quantitative estimate of drug-likeness (QED) is 0.526. The summed E-state index contributed by atoms with van der Waals surface area (Å²) in [6.07, 6.45) is 0. The highest BCUT2D eigenvalue weighted by Crippen LogP contribution is 2.28. The van der Waals surface area contributed by atoms with E-state index in [1.807, 2.05) is 22.6 Å². The molecule has 0 aliphatic rings. The van der Waals surface area contributed by atoms with Crippen molar-refractivity contribution in [2.24, 2.45) is 0 Å². The molecule has 0 aliphatic carbocycles. The molecule has 15 heavy (non-hydrogen) atoms. The Morgan fingerprint density at radius 1 is 1.60 bits per heavy atom. The first-order valence-corrected chi connectivity index (χ1v) is 5.18. The maximum atomic E-state index is 10.8. The molecule has 1 rings (SSSR count). The molecule has 5 nitrogen and oxygen atoms in total. The molecule has 0 saturated carbocycles. The summed E-state index contributed by atoms with van der Waals surface area (Å²) in [5, 5.41) is 19.5. The summed E-state index contributed by atoms with van der Waals surface area (Å²) in [7, 11) is 0. The molecule has 0 amide bonds. The highest BCUT2D eigenvalue weighted by Gasteiger charge is 2.23.